The van der Waals surface area contributed by atoms with Crippen LogP contribution in [0.15, 0.2) is 29.8 Å². The lowest BCUT2D eigenvalue weighted by Gasteiger charge is -1.98. The molecular weight excluding hydrogens is 206 g/mol. The SMILES string of the molecule is Cc1cc(C(=O)c2csc(C)c2)ccn1. The molecule has 0 aliphatic carbocycles. The van der Waals surface area contributed by atoms with Crippen molar-refractivity contribution in [1.29, 1.82) is 0 Å². The molecule has 2 aromatic rings. The molecule has 2 rings (SSSR count). The molecule has 0 amide bonds. The number of rotatable bonds is 2. The minimum atomic E-state index is 0.0739. The molecule has 0 unspecified atom stereocenters. The first-order valence-corrected chi connectivity index (χ1v) is 5.57. The highest BCUT2D eigenvalue weighted by molar-refractivity contribution is 7.10. The fourth-order valence-corrected chi connectivity index (χ4v) is 2.10. The average Bonchev–Trinajstić information content (AvgIpc) is 2.64. The molecule has 0 spiro atoms. The average molecular weight is 217 g/mol. The number of nitrogens with zero attached hydrogens (tertiary/aromatic N) is 1. The number of hydrogen-bond donors (Lipinski definition) is 0. The topological polar surface area (TPSA) is 30.0 Å². The van der Waals surface area contributed by atoms with E-state index >= 15 is 0 Å². The van der Waals surface area contributed by atoms with Crippen molar-refractivity contribution in [3.63, 3.8) is 0 Å². The van der Waals surface area contributed by atoms with Crippen LogP contribution < -0.4 is 0 Å². The highest BCUT2D eigenvalue weighted by Gasteiger charge is 2.10. The third kappa shape index (κ3) is 2.13. The molecular formula is C12H11NOS. The van der Waals surface area contributed by atoms with Crippen LogP contribution in [0.3, 0.4) is 0 Å². The second-order valence-electron chi connectivity index (χ2n) is 3.46. The van der Waals surface area contributed by atoms with Crippen molar-refractivity contribution < 1.29 is 4.79 Å². The summed E-state index contributed by atoms with van der Waals surface area (Å²) in [7, 11) is 0. The highest BCUT2D eigenvalue weighted by atomic mass is 32.1. The van der Waals surface area contributed by atoms with Crippen molar-refractivity contribution in [1.82, 2.24) is 4.98 Å². The van der Waals surface area contributed by atoms with Gasteiger partial charge in [0.1, 0.15) is 0 Å². The van der Waals surface area contributed by atoms with Crippen molar-refractivity contribution in [2.24, 2.45) is 0 Å². The minimum absolute atomic E-state index is 0.0739. The first-order valence-electron chi connectivity index (χ1n) is 4.69. The van der Waals surface area contributed by atoms with Gasteiger partial charge in [0.15, 0.2) is 5.78 Å². The number of aryl methyl sites for hydroxylation is 2. The maximum atomic E-state index is 12.0. The number of carbonyl (C=O) groups excluding carboxylic acids is 1. The number of thiophene rings is 1. The predicted octanol–water partition coefficient (Wildman–Crippen LogP) is 2.99. The molecule has 0 aromatic carbocycles. The molecule has 0 aliphatic rings. The van der Waals surface area contributed by atoms with E-state index < -0.39 is 0 Å². The summed E-state index contributed by atoms with van der Waals surface area (Å²) in [6, 6.07) is 5.49. The number of aromatic nitrogens is 1. The van der Waals surface area contributed by atoms with E-state index in [2.05, 4.69) is 4.98 Å². The Kier molecular flexibility index (Phi) is 2.64. The van der Waals surface area contributed by atoms with Crippen LogP contribution in [0, 0.1) is 13.8 Å². The number of ketones is 1. The van der Waals surface area contributed by atoms with Gasteiger partial charge in [-0.05, 0) is 32.0 Å². The van der Waals surface area contributed by atoms with Crippen molar-refractivity contribution in [3.05, 3.63) is 51.5 Å². The molecule has 0 fully saturated rings. The zero-order chi connectivity index (χ0) is 10.8. The summed E-state index contributed by atoms with van der Waals surface area (Å²) in [5.74, 6) is 0.0739. The van der Waals surface area contributed by atoms with E-state index in [0.29, 0.717) is 5.56 Å². The fourth-order valence-electron chi connectivity index (χ4n) is 1.42. The van der Waals surface area contributed by atoms with Crippen LogP contribution >= 0.6 is 11.3 Å². The number of hydrogen-bond acceptors (Lipinski definition) is 3. The Morgan fingerprint density at radius 3 is 2.67 bits per heavy atom. The molecule has 0 bridgehead atoms. The van der Waals surface area contributed by atoms with Crippen LogP contribution in [0.5, 0.6) is 0 Å². The van der Waals surface area contributed by atoms with Crippen LogP contribution in [0.1, 0.15) is 26.5 Å². The normalized spacial score (nSPS) is 10.3. The van der Waals surface area contributed by atoms with Gasteiger partial charge in [0, 0.05) is 33.3 Å². The van der Waals surface area contributed by atoms with Crippen molar-refractivity contribution in [2.75, 3.05) is 0 Å². The highest BCUT2D eigenvalue weighted by Crippen LogP contribution is 2.17. The third-order valence-corrected chi connectivity index (χ3v) is 3.01. The smallest absolute Gasteiger partial charge is 0.193 e. The molecule has 0 saturated heterocycles. The van der Waals surface area contributed by atoms with Gasteiger partial charge in [0.2, 0.25) is 0 Å². The van der Waals surface area contributed by atoms with Crippen LogP contribution in [0.25, 0.3) is 0 Å². The van der Waals surface area contributed by atoms with Gasteiger partial charge in [-0.15, -0.1) is 11.3 Å². The summed E-state index contributed by atoms with van der Waals surface area (Å²) in [6.07, 6.45) is 1.67. The lowest BCUT2D eigenvalue weighted by Crippen LogP contribution is -2.00. The van der Waals surface area contributed by atoms with Crippen molar-refractivity contribution in [2.45, 2.75) is 13.8 Å². The largest absolute Gasteiger partial charge is 0.289 e. The molecule has 3 heteroatoms. The Balaban J connectivity index is 2.36. The maximum Gasteiger partial charge on any atom is 0.193 e. The van der Waals surface area contributed by atoms with E-state index in [1.807, 2.05) is 31.4 Å². The zero-order valence-electron chi connectivity index (χ0n) is 8.65. The van der Waals surface area contributed by atoms with Crippen molar-refractivity contribution in [3.8, 4) is 0 Å². The second-order valence-corrected chi connectivity index (χ2v) is 4.58. The molecule has 2 heterocycles. The Morgan fingerprint density at radius 2 is 2.07 bits per heavy atom. The third-order valence-electron chi connectivity index (χ3n) is 2.15. The lowest BCUT2D eigenvalue weighted by molar-refractivity contribution is 0.103. The van der Waals surface area contributed by atoms with Crippen LogP contribution in [-0.2, 0) is 0 Å². The summed E-state index contributed by atoms with van der Waals surface area (Å²) in [4.78, 5) is 17.2. The molecule has 0 radical (unpaired) electrons. The molecule has 0 atom stereocenters. The Labute approximate surface area is 92.6 Å². The van der Waals surface area contributed by atoms with Gasteiger partial charge < -0.3 is 0 Å². The van der Waals surface area contributed by atoms with Gasteiger partial charge in [-0.1, -0.05) is 0 Å². The van der Waals surface area contributed by atoms with Crippen LogP contribution in [-0.4, -0.2) is 10.8 Å². The molecule has 15 heavy (non-hydrogen) atoms. The molecule has 0 aliphatic heterocycles. The standard InChI is InChI=1S/C12H11NOS/c1-8-5-10(3-4-13-8)12(14)11-6-9(2)15-7-11/h3-7H,1-2H3. The Morgan fingerprint density at radius 1 is 1.27 bits per heavy atom. The molecule has 2 aromatic heterocycles. The molecule has 0 saturated carbocycles. The fraction of sp³-hybridized carbons (Fsp3) is 0.167. The Hall–Kier alpha value is -1.48. The summed E-state index contributed by atoms with van der Waals surface area (Å²) < 4.78 is 0. The minimum Gasteiger partial charge on any atom is -0.289 e. The maximum absolute atomic E-state index is 12.0. The zero-order valence-corrected chi connectivity index (χ0v) is 9.47. The van der Waals surface area contributed by atoms with E-state index in [9.17, 15) is 4.79 Å². The van der Waals surface area contributed by atoms with Gasteiger partial charge in [0.05, 0.1) is 0 Å². The number of pyridine rings is 1. The van der Waals surface area contributed by atoms with Gasteiger partial charge in [-0.25, -0.2) is 0 Å². The molecule has 2 nitrogen and oxygen atoms in total. The first-order chi connectivity index (χ1) is 7.16. The van der Waals surface area contributed by atoms with Gasteiger partial charge in [0.25, 0.3) is 0 Å². The van der Waals surface area contributed by atoms with Crippen molar-refractivity contribution >= 4 is 17.1 Å². The number of carbonyl (C=O) groups is 1. The quantitative estimate of drug-likeness (QED) is 0.724. The lowest BCUT2D eigenvalue weighted by atomic mass is 10.1. The second kappa shape index (κ2) is 3.95. The molecule has 76 valence electrons. The van der Waals surface area contributed by atoms with E-state index in [0.717, 1.165) is 16.1 Å². The monoisotopic (exact) mass is 217 g/mol. The van der Waals surface area contributed by atoms with E-state index in [-0.39, 0.29) is 5.78 Å². The summed E-state index contributed by atoms with van der Waals surface area (Å²) in [6.45, 7) is 3.88. The molecule has 0 N–H and O–H groups in total. The van der Waals surface area contributed by atoms with Crippen LogP contribution in [0.2, 0.25) is 0 Å². The summed E-state index contributed by atoms with van der Waals surface area (Å²) in [5, 5.41) is 1.90. The van der Waals surface area contributed by atoms with E-state index in [1.54, 1.807) is 23.6 Å². The van der Waals surface area contributed by atoms with E-state index in [4.69, 9.17) is 0 Å². The van der Waals surface area contributed by atoms with Crippen LogP contribution in [0.4, 0.5) is 0 Å². The van der Waals surface area contributed by atoms with E-state index in [1.165, 1.54) is 0 Å². The summed E-state index contributed by atoms with van der Waals surface area (Å²) >= 11 is 1.60. The summed E-state index contributed by atoms with van der Waals surface area (Å²) in [5.41, 5.74) is 2.34. The Bertz CT molecular complexity index is 502. The van der Waals surface area contributed by atoms with Gasteiger partial charge in [-0.3, -0.25) is 9.78 Å². The predicted molar refractivity (Wildman–Crippen MR) is 61.5 cm³/mol. The van der Waals surface area contributed by atoms with Gasteiger partial charge >= 0.3 is 0 Å². The van der Waals surface area contributed by atoms with Gasteiger partial charge in [-0.2, -0.15) is 0 Å². The first kappa shape index (κ1) is 10.1.